The maximum atomic E-state index is 12.2. The second kappa shape index (κ2) is 9.89. The van der Waals surface area contributed by atoms with E-state index in [1.165, 1.54) is 0 Å². The number of hydrogen-bond acceptors (Lipinski definition) is 6. The minimum atomic E-state index is -0.0309. The molecule has 0 aliphatic rings. The highest BCUT2D eigenvalue weighted by Gasteiger charge is 2.11. The summed E-state index contributed by atoms with van der Waals surface area (Å²) in [5.41, 5.74) is 2.01. The molecule has 146 valence electrons. The van der Waals surface area contributed by atoms with Crippen LogP contribution in [0.15, 0.2) is 53.8 Å². The first kappa shape index (κ1) is 19.9. The van der Waals surface area contributed by atoms with Crippen LogP contribution < -0.4 is 10.1 Å². The van der Waals surface area contributed by atoms with E-state index < -0.39 is 0 Å². The molecule has 1 aromatic carbocycles. The molecule has 0 aliphatic carbocycles. The lowest BCUT2D eigenvalue weighted by Gasteiger charge is -2.08. The number of pyridine rings is 1. The first-order valence-electron chi connectivity index (χ1n) is 8.97. The van der Waals surface area contributed by atoms with Gasteiger partial charge >= 0.3 is 0 Å². The van der Waals surface area contributed by atoms with Gasteiger partial charge in [-0.25, -0.2) is 0 Å². The minimum absolute atomic E-state index is 0.0309. The van der Waals surface area contributed by atoms with Crippen LogP contribution in [0, 0.1) is 0 Å². The number of hydrogen-bond donors (Lipinski definition) is 1. The fraction of sp³-hybridized carbons (Fsp3) is 0.300. The van der Waals surface area contributed by atoms with Crippen LogP contribution in [0.5, 0.6) is 5.75 Å². The van der Waals surface area contributed by atoms with Gasteiger partial charge in [0, 0.05) is 25.4 Å². The number of ether oxygens (including phenoxy) is 1. The Morgan fingerprint density at radius 1 is 1.18 bits per heavy atom. The summed E-state index contributed by atoms with van der Waals surface area (Å²) in [6.07, 6.45) is 2.79. The van der Waals surface area contributed by atoms with Crippen LogP contribution in [0.1, 0.15) is 23.5 Å². The molecule has 0 spiro atoms. The summed E-state index contributed by atoms with van der Waals surface area (Å²) < 4.78 is 7.22. The van der Waals surface area contributed by atoms with Crippen LogP contribution in [0.2, 0.25) is 0 Å². The highest BCUT2D eigenvalue weighted by molar-refractivity contribution is 7.98. The van der Waals surface area contributed by atoms with E-state index >= 15 is 0 Å². The van der Waals surface area contributed by atoms with Gasteiger partial charge in [0.25, 0.3) is 0 Å². The third-order valence-electron chi connectivity index (χ3n) is 4.26. The van der Waals surface area contributed by atoms with E-state index in [9.17, 15) is 4.79 Å². The monoisotopic (exact) mass is 397 g/mol. The van der Waals surface area contributed by atoms with Crippen LogP contribution in [-0.4, -0.2) is 32.8 Å². The molecule has 28 heavy (non-hydrogen) atoms. The van der Waals surface area contributed by atoms with E-state index in [1.807, 2.05) is 54.1 Å². The third-order valence-corrected chi connectivity index (χ3v) is 5.31. The predicted molar refractivity (Wildman–Crippen MR) is 108 cm³/mol. The van der Waals surface area contributed by atoms with Gasteiger partial charge in [0.2, 0.25) is 5.91 Å². The number of nitrogens with one attached hydrogen (secondary N) is 1. The van der Waals surface area contributed by atoms with E-state index in [1.54, 1.807) is 25.1 Å². The maximum Gasteiger partial charge on any atom is 0.220 e. The number of thioether (sulfide) groups is 1. The number of carbonyl (C=O) groups is 1. The topological polar surface area (TPSA) is 81.9 Å². The Balaban J connectivity index is 1.48. The van der Waals surface area contributed by atoms with Gasteiger partial charge in [-0.2, -0.15) is 0 Å². The van der Waals surface area contributed by atoms with E-state index in [0.29, 0.717) is 25.2 Å². The molecule has 0 radical (unpaired) electrons. The van der Waals surface area contributed by atoms with Crippen molar-refractivity contribution in [3.8, 4) is 5.75 Å². The Bertz CT molecular complexity index is 914. The van der Waals surface area contributed by atoms with Crippen LogP contribution in [0.4, 0.5) is 0 Å². The van der Waals surface area contributed by atoms with Crippen molar-refractivity contribution in [3.63, 3.8) is 0 Å². The molecule has 0 saturated heterocycles. The fourth-order valence-electron chi connectivity index (χ4n) is 2.67. The summed E-state index contributed by atoms with van der Waals surface area (Å²) in [7, 11) is 3.54. The van der Waals surface area contributed by atoms with Crippen molar-refractivity contribution >= 4 is 17.7 Å². The smallest absolute Gasteiger partial charge is 0.220 e. The molecule has 0 aliphatic heterocycles. The number of carbonyl (C=O) groups excluding carboxylic acids is 1. The van der Waals surface area contributed by atoms with Crippen molar-refractivity contribution in [1.82, 2.24) is 25.1 Å². The normalized spacial score (nSPS) is 10.6. The molecule has 3 rings (SSSR count). The number of aromatic nitrogens is 4. The standard InChI is InChI=1S/C20H23N5O2S/c1-25-18(23-24-20(25)28-14-16-8-5-6-12-21-16)13-22-19(26)11-10-15-7-3-4-9-17(15)27-2/h3-9,12H,10-11,13-14H2,1-2H3,(H,22,26). The van der Waals surface area contributed by atoms with Gasteiger partial charge in [-0.15, -0.1) is 10.2 Å². The SMILES string of the molecule is COc1ccccc1CCC(=O)NCc1nnc(SCc2ccccn2)n1C. The number of rotatable bonds is 9. The van der Waals surface area contributed by atoms with Crippen molar-refractivity contribution in [2.24, 2.45) is 7.05 Å². The Labute approximate surface area is 168 Å². The van der Waals surface area contributed by atoms with Crippen molar-refractivity contribution in [1.29, 1.82) is 0 Å². The number of para-hydroxylation sites is 1. The highest BCUT2D eigenvalue weighted by Crippen LogP contribution is 2.20. The summed E-state index contributed by atoms with van der Waals surface area (Å²) in [5.74, 6) is 2.21. The third kappa shape index (κ3) is 5.32. The molecule has 0 saturated carbocycles. The first-order chi connectivity index (χ1) is 13.7. The van der Waals surface area contributed by atoms with Crippen molar-refractivity contribution in [3.05, 3.63) is 65.7 Å². The molecule has 3 aromatic rings. The average molecular weight is 398 g/mol. The lowest BCUT2D eigenvalue weighted by atomic mass is 10.1. The van der Waals surface area contributed by atoms with Gasteiger partial charge in [-0.1, -0.05) is 36.0 Å². The second-order valence-corrected chi connectivity index (χ2v) is 7.10. The lowest BCUT2D eigenvalue weighted by Crippen LogP contribution is -2.24. The van der Waals surface area contributed by atoms with Crippen LogP contribution in [-0.2, 0) is 30.6 Å². The Morgan fingerprint density at radius 2 is 2.00 bits per heavy atom. The number of nitrogens with zero attached hydrogens (tertiary/aromatic N) is 4. The summed E-state index contributed by atoms with van der Waals surface area (Å²) in [4.78, 5) is 16.5. The van der Waals surface area contributed by atoms with Crippen molar-refractivity contribution in [2.75, 3.05) is 7.11 Å². The van der Waals surface area contributed by atoms with Gasteiger partial charge in [-0.3, -0.25) is 9.78 Å². The Morgan fingerprint density at radius 3 is 2.79 bits per heavy atom. The highest BCUT2D eigenvalue weighted by atomic mass is 32.2. The largest absolute Gasteiger partial charge is 0.496 e. The van der Waals surface area contributed by atoms with E-state index in [2.05, 4.69) is 20.5 Å². The molecule has 1 N–H and O–H groups in total. The van der Waals surface area contributed by atoms with Gasteiger partial charge in [0.15, 0.2) is 11.0 Å². The summed E-state index contributed by atoms with van der Waals surface area (Å²) in [6, 6.07) is 13.6. The summed E-state index contributed by atoms with van der Waals surface area (Å²) in [5, 5.41) is 12.1. The number of aryl methyl sites for hydroxylation is 1. The molecule has 7 nitrogen and oxygen atoms in total. The molecule has 2 heterocycles. The zero-order valence-electron chi connectivity index (χ0n) is 16.0. The number of methoxy groups -OCH3 is 1. The van der Waals surface area contributed by atoms with Gasteiger partial charge in [0.1, 0.15) is 5.75 Å². The second-order valence-electron chi connectivity index (χ2n) is 6.16. The molecule has 8 heteroatoms. The van der Waals surface area contributed by atoms with E-state index in [-0.39, 0.29) is 5.91 Å². The van der Waals surface area contributed by atoms with Crippen molar-refractivity contribution < 1.29 is 9.53 Å². The van der Waals surface area contributed by atoms with Crippen LogP contribution in [0.25, 0.3) is 0 Å². The summed E-state index contributed by atoms with van der Waals surface area (Å²) >= 11 is 1.57. The van der Waals surface area contributed by atoms with Crippen LogP contribution in [0.3, 0.4) is 0 Å². The fourth-order valence-corrected chi connectivity index (χ4v) is 3.52. The van der Waals surface area contributed by atoms with Gasteiger partial charge < -0.3 is 14.6 Å². The zero-order valence-corrected chi connectivity index (χ0v) is 16.8. The molecule has 0 bridgehead atoms. The lowest BCUT2D eigenvalue weighted by molar-refractivity contribution is -0.121. The first-order valence-corrected chi connectivity index (χ1v) is 9.95. The van der Waals surface area contributed by atoms with E-state index in [0.717, 1.165) is 27.9 Å². The zero-order chi connectivity index (χ0) is 19.8. The van der Waals surface area contributed by atoms with Crippen molar-refractivity contribution in [2.45, 2.75) is 30.3 Å². The predicted octanol–water partition coefficient (Wildman–Crippen LogP) is 2.76. The Hall–Kier alpha value is -2.87. The molecular formula is C20H23N5O2S. The van der Waals surface area contributed by atoms with Gasteiger partial charge in [0.05, 0.1) is 19.3 Å². The molecule has 1 amide bonds. The maximum absolute atomic E-state index is 12.2. The van der Waals surface area contributed by atoms with Gasteiger partial charge in [-0.05, 0) is 30.2 Å². The average Bonchev–Trinajstić information content (AvgIpc) is 3.09. The van der Waals surface area contributed by atoms with Crippen LogP contribution >= 0.6 is 11.8 Å². The minimum Gasteiger partial charge on any atom is -0.496 e. The molecule has 0 fully saturated rings. The summed E-state index contributed by atoms with van der Waals surface area (Å²) in [6.45, 7) is 0.346. The number of benzene rings is 1. The molecule has 0 atom stereocenters. The molecule has 2 aromatic heterocycles. The quantitative estimate of drug-likeness (QED) is 0.559. The Kier molecular flexibility index (Phi) is 7.02. The molecular weight excluding hydrogens is 374 g/mol. The van der Waals surface area contributed by atoms with E-state index in [4.69, 9.17) is 4.74 Å². The molecule has 0 unspecified atom stereocenters. The number of amides is 1.